The van der Waals surface area contributed by atoms with E-state index in [0.29, 0.717) is 18.7 Å². The van der Waals surface area contributed by atoms with Crippen LogP contribution in [0.15, 0.2) is 15.8 Å². The molecule has 0 aliphatic carbocycles. The molecule has 0 fully saturated rings. The molecule has 0 atom stereocenters. The van der Waals surface area contributed by atoms with Gasteiger partial charge in [0.05, 0.1) is 6.54 Å². The Labute approximate surface area is 121 Å². The molecule has 0 aliphatic rings. The van der Waals surface area contributed by atoms with Gasteiger partial charge in [-0.1, -0.05) is 0 Å². The zero-order valence-electron chi connectivity index (χ0n) is 12.4. The van der Waals surface area contributed by atoms with E-state index in [0.717, 1.165) is 4.57 Å². The second-order valence-corrected chi connectivity index (χ2v) is 4.82. The average Bonchev–Trinajstić information content (AvgIpc) is 2.40. The van der Waals surface area contributed by atoms with E-state index in [1.807, 2.05) is 0 Å². The first kappa shape index (κ1) is 16.8. The van der Waals surface area contributed by atoms with Gasteiger partial charge in [-0.15, -0.1) is 0 Å². The van der Waals surface area contributed by atoms with Crippen LogP contribution >= 0.6 is 0 Å². The lowest BCUT2D eigenvalue weighted by atomic mass is 10.3. The number of likely N-dealkylation sites (N-methyl/N-ethyl adjacent to an activating group) is 1. The molecule has 116 valence electrons. The number of carbonyl (C=O) groups excluding carboxylic acids is 2. The van der Waals surface area contributed by atoms with Crippen LogP contribution < -0.4 is 16.6 Å². The van der Waals surface area contributed by atoms with Crippen molar-refractivity contribution >= 4 is 11.7 Å². The van der Waals surface area contributed by atoms with Crippen molar-refractivity contribution in [1.29, 1.82) is 0 Å². The lowest BCUT2D eigenvalue weighted by Gasteiger charge is -2.21. The Morgan fingerprint density at radius 1 is 1.38 bits per heavy atom. The molecule has 1 amide bonds. The van der Waals surface area contributed by atoms with E-state index in [4.69, 9.17) is 0 Å². The highest BCUT2D eigenvalue weighted by molar-refractivity contribution is 5.84. The van der Waals surface area contributed by atoms with E-state index >= 15 is 0 Å². The van der Waals surface area contributed by atoms with Gasteiger partial charge >= 0.3 is 5.69 Å². The molecule has 0 aromatic carbocycles. The van der Waals surface area contributed by atoms with Gasteiger partial charge in [0.15, 0.2) is 0 Å². The zero-order valence-corrected chi connectivity index (χ0v) is 12.4. The summed E-state index contributed by atoms with van der Waals surface area (Å²) >= 11 is 0. The number of hydrogen-bond acceptors (Lipinski definition) is 5. The summed E-state index contributed by atoms with van der Waals surface area (Å²) in [5.41, 5.74) is -0.773. The molecule has 1 rings (SSSR count). The Morgan fingerprint density at radius 3 is 2.62 bits per heavy atom. The molecule has 0 radical (unpaired) electrons. The van der Waals surface area contributed by atoms with Crippen molar-refractivity contribution in [1.82, 2.24) is 19.8 Å². The molecule has 8 heteroatoms. The molecule has 1 aromatic heterocycles. The Balaban J connectivity index is 2.90. The predicted molar refractivity (Wildman–Crippen MR) is 77.2 cm³/mol. The van der Waals surface area contributed by atoms with E-state index < -0.39 is 11.2 Å². The van der Waals surface area contributed by atoms with Crippen LogP contribution in [0.4, 0.5) is 0 Å². The van der Waals surface area contributed by atoms with Gasteiger partial charge in [0, 0.05) is 24.8 Å². The number of nitrogens with zero attached hydrogens (tertiary/aromatic N) is 2. The smallest absolute Gasteiger partial charge is 0.328 e. The Kier molecular flexibility index (Phi) is 6.04. The zero-order chi connectivity index (χ0) is 16.0. The number of ketones is 1. The van der Waals surface area contributed by atoms with Crippen molar-refractivity contribution < 1.29 is 9.59 Å². The highest BCUT2D eigenvalue weighted by Crippen LogP contribution is 1.94. The quantitative estimate of drug-likeness (QED) is 0.636. The molecule has 0 bridgehead atoms. The van der Waals surface area contributed by atoms with Crippen LogP contribution in [0.2, 0.25) is 0 Å². The summed E-state index contributed by atoms with van der Waals surface area (Å²) in [7, 11) is 1.74. The monoisotopic (exact) mass is 296 g/mol. The van der Waals surface area contributed by atoms with E-state index in [1.54, 1.807) is 14.0 Å². The minimum atomic E-state index is -0.643. The van der Waals surface area contributed by atoms with E-state index in [2.05, 4.69) is 10.3 Å². The van der Waals surface area contributed by atoms with E-state index in [1.165, 1.54) is 18.0 Å². The summed E-state index contributed by atoms with van der Waals surface area (Å²) in [6, 6.07) is 0. The second-order valence-electron chi connectivity index (χ2n) is 4.82. The fraction of sp³-hybridized carbons (Fsp3) is 0.538. The maximum Gasteiger partial charge on any atom is 0.328 e. The summed E-state index contributed by atoms with van der Waals surface area (Å²) in [5.74, 6) is -0.488. The summed E-state index contributed by atoms with van der Waals surface area (Å²) < 4.78 is 1.13. The molecule has 0 saturated heterocycles. The van der Waals surface area contributed by atoms with Crippen molar-refractivity contribution in [2.24, 2.45) is 0 Å². The van der Waals surface area contributed by atoms with Gasteiger partial charge in [0.1, 0.15) is 12.3 Å². The van der Waals surface area contributed by atoms with Crippen molar-refractivity contribution in [3.05, 3.63) is 32.6 Å². The van der Waals surface area contributed by atoms with Gasteiger partial charge in [0.2, 0.25) is 5.91 Å². The maximum atomic E-state index is 12.2. The fourth-order valence-electron chi connectivity index (χ4n) is 1.79. The summed E-state index contributed by atoms with van der Waals surface area (Å²) in [5, 5.41) is 2.90. The highest BCUT2D eigenvalue weighted by atomic mass is 16.2. The molecule has 0 spiro atoms. The number of hydrogen-bond donors (Lipinski definition) is 2. The third-order valence-corrected chi connectivity index (χ3v) is 2.89. The van der Waals surface area contributed by atoms with Crippen LogP contribution in [-0.2, 0) is 16.1 Å². The highest BCUT2D eigenvalue weighted by Gasteiger charge is 2.16. The van der Waals surface area contributed by atoms with Crippen molar-refractivity contribution in [2.75, 3.05) is 26.7 Å². The molecule has 1 aromatic rings. The first-order valence-corrected chi connectivity index (χ1v) is 6.57. The topological polar surface area (TPSA) is 104 Å². The van der Waals surface area contributed by atoms with Crippen LogP contribution in [0.3, 0.4) is 0 Å². The minimum absolute atomic E-state index is 0.00238. The van der Waals surface area contributed by atoms with Crippen LogP contribution in [0.5, 0.6) is 0 Å². The Morgan fingerprint density at radius 2 is 2.05 bits per heavy atom. The number of amides is 1. The van der Waals surface area contributed by atoms with Gasteiger partial charge in [-0.25, -0.2) is 4.79 Å². The largest absolute Gasteiger partial charge is 0.333 e. The third-order valence-electron chi connectivity index (χ3n) is 2.89. The fourth-order valence-corrected chi connectivity index (χ4v) is 1.79. The van der Waals surface area contributed by atoms with Gasteiger partial charge < -0.3 is 10.2 Å². The number of aromatic amines is 1. The van der Waals surface area contributed by atoms with Crippen molar-refractivity contribution in [3.63, 3.8) is 0 Å². The van der Waals surface area contributed by atoms with Crippen molar-refractivity contribution in [2.45, 2.75) is 20.4 Å². The average molecular weight is 296 g/mol. The van der Waals surface area contributed by atoms with Gasteiger partial charge in [-0.3, -0.25) is 23.9 Å². The number of H-pyrrole nitrogens is 1. The number of aryl methyl sites for hydroxylation is 1. The van der Waals surface area contributed by atoms with Gasteiger partial charge in [-0.2, -0.15) is 0 Å². The number of Topliss-reactive ketones (excluding diaryl/α,β-unsaturated/α-hetero) is 1. The van der Waals surface area contributed by atoms with Crippen LogP contribution in [0, 0.1) is 6.92 Å². The number of rotatable bonds is 7. The van der Waals surface area contributed by atoms with E-state index in [-0.39, 0.29) is 24.8 Å². The standard InChI is InChI=1S/C13H20N4O4/c1-9-6-17(13(21)15-12(9)20)8-11(19)16(5-4-14-3)7-10(2)18/h6,14H,4-5,7-8H2,1-3H3,(H,15,20,21). The Hall–Kier alpha value is -2.22. The molecule has 1 heterocycles. The van der Waals surface area contributed by atoms with Crippen LogP contribution in [0.25, 0.3) is 0 Å². The molecule has 21 heavy (non-hydrogen) atoms. The first-order valence-electron chi connectivity index (χ1n) is 6.57. The lowest BCUT2D eigenvalue weighted by Crippen LogP contribution is -2.43. The van der Waals surface area contributed by atoms with Crippen LogP contribution in [0.1, 0.15) is 12.5 Å². The molecule has 2 N–H and O–H groups in total. The van der Waals surface area contributed by atoms with Crippen LogP contribution in [-0.4, -0.2) is 52.8 Å². The summed E-state index contributed by atoms with van der Waals surface area (Å²) in [6.07, 6.45) is 1.34. The number of aromatic nitrogens is 2. The molecule has 0 saturated carbocycles. The molecule has 0 unspecified atom stereocenters. The normalized spacial score (nSPS) is 10.4. The molecular weight excluding hydrogens is 276 g/mol. The van der Waals surface area contributed by atoms with Gasteiger partial charge in [-0.05, 0) is 20.9 Å². The summed E-state index contributed by atoms with van der Waals surface area (Å²) in [6.45, 7) is 3.64. The SMILES string of the molecule is CNCCN(CC(C)=O)C(=O)Cn1cc(C)c(=O)[nH]c1=O. The minimum Gasteiger partial charge on any atom is -0.333 e. The lowest BCUT2D eigenvalue weighted by molar-refractivity contribution is -0.135. The number of carbonyl (C=O) groups is 2. The predicted octanol–water partition coefficient (Wildman–Crippen LogP) is -1.52. The number of nitrogens with one attached hydrogen (secondary N) is 2. The molecule has 8 nitrogen and oxygen atoms in total. The maximum absolute atomic E-state index is 12.2. The molecular formula is C13H20N4O4. The summed E-state index contributed by atoms with van der Waals surface area (Å²) in [4.78, 5) is 49.8. The first-order chi connectivity index (χ1) is 9.85. The molecule has 0 aliphatic heterocycles. The Bertz CT molecular complexity index is 632. The van der Waals surface area contributed by atoms with Crippen molar-refractivity contribution in [3.8, 4) is 0 Å². The van der Waals surface area contributed by atoms with E-state index in [9.17, 15) is 19.2 Å². The second kappa shape index (κ2) is 7.53. The van der Waals surface area contributed by atoms with Gasteiger partial charge in [0.25, 0.3) is 5.56 Å². The third kappa shape index (κ3) is 4.99.